The first-order valence-electron chi connectivity index (χ1n) is 34.8. The minimum absolute atomic E-state index is 0.00636. The Morgan fingerprint density at radius 3 is 0.900 bits per heavy atom. The number of nitrogens with zero attached hydrogens (tertiary/aromatic N) is 6. The lowest BCUT2D eigenvalue weighted by Gasteiger charge is -2.38. The number of rotatable bonds is 22. The van der Waals surface area contributed by atoms with Crippen molar-refractivity contribution >= 4 is 46.2 Å². The highest BCUT2D eigenvalue weighted by Gasteiger charge is 2.53. The van der Waals surface area contributed by atoms with Crippen molar-refractivity contribution < 1.29 is 184 Å². The summed E-state index contributed by atoms with van der Waals surface area (Å²) in [5.41, 5.74) is 19.0. The molecule has 0 amide bonds. The fourth-order valence-electron chi connectivity index (χ4n) is 12.8. The molecule has 4 aromatic carbocycles. The normalized spacial score (nSPS) is 28.1. The number of carboxylic acids is 4. The molecule has 120 heavy (non-hydrogen) atoms. The number of aliphatic hydroxyl groups excluding tert-OH is 12. The van der Waals surface area contributed by atoms with Crippen molar-refractivity contribution in [2.24, 2.45) is 10.2 Å². The Labute approximate surface area is 671 Å². The summed E-state index contributed by atoms with van der Waals surface area (Å²) in [6, 6.07) is 10.8. The largest absolute Gasteiger partial charge is 0.479 e. The monoisotopic (exact) mass is 1690 g/mol. The van der Waals surface area contributed by atoms with E-state index in [1.165, 1.54) is 48.6 Å². The smallest absolute Gasteiger partial charge is 0.335 e. The average molecular weight is 1700 g/mol. The molecule has 8 heterocycles. The van der Waals surface area contributed by atoms with Crippen molar-refractivity contribution in [1.82, 2.24) is 0 Å². The van der Waals surface area contributed by atoms with Crippen molar-refractivity contribution in [3.8, 4) is 70.7 Å². The number of fused-ring (bicyclic) bond motifs is 4. The molecule has 38 nitrogen and oxygen atoms in total. The highest BCUT2D eigenvalue weighted by Crippen LogP contribution is 2.50. The molecule has 12 rings (SSSR count). The molecule has 0 bridgehead atoms. The standard InChI is InChI=1S/C20H18F2O8.C20H19FO8.C18H17F2N3O8.C18H18FN3O8/c1-3-4-9-7-8(2)28-16-10(9)5-6-11(12(16)18(21)22)29-20-15(25)13(23)14(24)17(30-20)19(26)27;1-3-4-10-7-9(2)27-17-11(10)5-6-13(12(17)8-21)28-20-16(24)14(22)15(23)18(29-20)19(25)26;1-6-4-7(5-22-23-21)8-2-3-9(10(16(19)20)14(8)29-6)30-18-13(26)11(24)12(25)15(31-18)17(27)28;1-7-4-8(6-21-22-20)9-2-3-11(10(5-19)15(9)28-7)29-18-14(25)12(23)13(24)16(30-18)17(26)27/h1,5-7,13-15,17-18,20,23-25H,2,4H2,(H,26,27);1,5-7,14-16,18,20,22-24H,2,4,8H2,(H,25,26);2-4,11-13,15-16,18,24-26H,1,5H2,(H,27,28);2-4,12-14,16,18,23-25H,1,5-6H2,(H,26,27). The van der Waals surface area contributed by atoms with Gasteiger partial charge >= 0.3 is 23.9 Å². The third-order valence-electron chi connectivity index (χ3n) is 18.5. The molecule has 0 radical (unpaired) electrons. The van der Waals surface area contributed by atoms with E-state index in [4.69, 9.17) is 101 Å². The van der Waals surface area contributed by atoms with Crippen LogP contribution in [0.5, 0.6) is 46.0 Å². The fraction of sp³-hybridized carbons (Fsp3) is 0.368. The number of hydrogen-bond acceptors (Lipinski definition) is 30. The molecule has 640 valence electrons. The van der Waals surface area contributed by atoms with E-state index in [1.54, 1.807) is 12.1 Å². The van der Waals surface area contributed by atoms with Gasteiger partial charge in [0.05, 0.1) is 24.2 Å². The van der Waals surface area contributed by atoms with Crippen molar-refractivity contribution in [2.45, 2.75) is 162 Å². The van der Waals surface area contributed by atoms with E-state index in [9.17, 15) is 107 Å². The number of allylic oxidation sites excluding steroid dienone is 6. The van der Waals surface area contributed by atoms with E-state index in [1.807, 2.05) is 0 Å². The van der Waals surface area contributed by atoms with Crippen LogP contribution in [0, 0.1) is 24.7 Å². The molecule has 4 fully saturated rings. The summed E-state index contributed by atoms with van der Waals surface area (Å²) in [5.74, 6) is -2.69. The minimum atomic E-state index is -3.15. The van der Waals surface area contributed by atoms with Gasteiger partial charge in [-0.3, -0.25) is 0 Å². The average Bonchev–Trinajstić information content (AvgIpc) is 0.729. The third kappa shape index (κ3) is 19.9. The van der Waals surface area contributed by atoms with Crippen LogP contribution in [0.25, 0.3) is 43.2 Å². The van der Waals surface area contributed by atoms with E-state index in [-0.39, 0.29) is 100 Å². The number of aliphatic hydroxyl groups is 12. The lowest BCUT2D eigenvalue weighted by Crippen LogP contribution is -2.61. The molecule has 8 aliphatic heterocycles. The van der Waals surface area contributed by atoms with Crippen LogP contribution in [0.4, 0.5) is 26.3 Å². The van der Waals surface area contributed by atoms with Crippen LogP contribution in [0.15, 0.2) is 132 Å². The molecule has 0 saturated carbocycles. The van der Waals surface area contributed by atoms with Crippen molar-refractivity contribution in [3.63, 3.8) is 0 Å². The topological polar surface area (TPSA) is 600 Å². The van der Waals surface area contributed by atoms with Gasteiger partial charge in [-0.15, -0.1) is 24.7 Å². The number of benzene rings is 4. The van der Waals surface area contributed by atoms with Crippen LogP contribution in [-0.4, -0.2) is 241 Å². The molecular formula is C76H72F6N6O32. The molecule has 0 aliphatic carbocycles. The second-order valence-electron chi connectivity index (χ2n) is 26.3. The molecule has 20 atom stereocenters. The number of hydrogen-bond donors (Lipinski definition) is 16. The van der Waals surface area contributed by atoms with Gasteiger partial charge in [0.15, 0.2) is 24.4 Å². The van der Waals surface area contributed by atoms with Gasteiger partial charge in [-0.1, -0.05) is 36.5 Å². The Balaban J connectivity index is 0.000000182. The summed E-state index contributed by atoms with van der Waals surface area (Å²) in [5, 5.41) is 162. The maximum absolute atomic E-state index is 13.9. The molecule has 8 aliphatic rings. The van der Waals surface area contributed by atoms with Crippen molar-refractivity contribution in [3.05, 3.63) is 188 Å². The first-order chi connectivity index (χ1) is 56.9. The summed E-state index contributed by atoms with van der Waals surface area (Å²) in [6.07, 6.45) is -26.6. The predicted octanol–water partition coefficient (Wildman–Crippen LogP) is 4.47. The molecule has 44 heteroatoms. The number of carboxylic acid groups (broad SMARTS) is 4. The Kier molecular flexibility index (Phi) is 30.2. The van der Waals surface area contributed by atoms with Crippen molar-refractivity contribution in [2.75, 3.05) is 13.1 Å². The van der Waals surface area contributed by atoms with Gasteiger partial charge in [0, 0.05) is 44.9 Å². The number of azide groups is 2. The Morgan fingerprint density at radius 2 is 0.642 bits per heavy atom. The number of terminal acetylenes is 2. The molecular weight excluding hydrogens is 1620 g/mol. The second-order valence-corrected chi connectivity index (χ2v) is 26.3. The van der Waals surface area contributed by atoms with Crippen LogP contribution in [0.3, 0.4) is 0 Å². The zero-order valence-electron chi connectivity index (χ0n) is 61.5. The van der Waals surface area contributed by atoms with Crippen LogP contribution < -0.4 is 37.9 Å². The Hall–Kier alpha value is -12.2. The van der Waals surface area contributed by atoms with E-state index in [0.29, 0.717) is 39.0 Å². The fourth-order valence-corrected chi connectivity index (χ4v) is 12.8. The van der Waals surface area contributed by atoms with E-state index in [0.717, 1.165) is 12.1 Å². The lowest BCUT2D eigenvalue weighted by atomic mass is 9.95. The number of alkyl halides is 6. The molecule has 4 saturated heterocycles. The number of carbonyl (C=O) groups is 4. The van der Waals surface area contributed by atoms with Crippen LogP contribution >= 0.6 is 0 Å². The lowest BCUT2D eigenvalue weighted by molar-refractivity contribution is -0.271. The van der Waals surface area contributed by atoms with Gasteiger partial charge in [0.1, 0.15) is 167 Å². The van der Waals surface area contributed by atoms with Gasteiger partial charge in [-0.2, -0.15) is 0 Å². The zero-order chi connectivity index (χ0) is 88.3. The van der Waals surface area contributed by atoms with Crippen LogP contribution in [-0.2, 0) is 51.5 Å². The van der Waals surface area contributed by atoms with E-state index < -0.39 is 196 Å². The van der Waals surface area contributed by atoms with E-state index in [2.05, 4.69) is 58.2 Å². The Bertz CT molecular complexity index is 4980. The van der Waals surface area contributed by atoms with Gasteiger partial charge in [0.2, 0.25) is 25.2 Å². The summed E-state index contributed by atoms with van der Waals surface area (Å²) in [6.45, 7) is 12.3. The molecule has 0 aromatic heterocycles. The van der Waals surface area contributed by atoms with Crippen LogP contribution in [0.2, 0.25) is 0 Å². The summed E-state index contributed by atoms with van der Waals surface area (Å²) < 4.78 is 147. The molecule has 20 unspecified atom stereocenters. The molecule has 0 spiro atoms. The predicted molar refractivity (Wildman–Crippen MR) is 391 cm³/mol. The zero-order valence-corrected chi connectivity index (χ0v) is 61.5. The second kappa shape index (κ2) is 39.6. The number of halogens is 6. The first kappa shape index (κ1) is 91.7. The highest BCUT2D eigenvalue weighted by atomic mass is 19.3. The molecule has 4 aromatic rings. The summed E-state index contributed by atoms with van der Waals surface area (Å²) in [7, 11) is 0. The van der Waals surface area contributed by atoms with Crippen molar-refractivity contribution in [1.29, 1.82) is 0 Å². The van der Waals surface area contributed by atoms with Crippen LogP contribution in [0.1, 0.15) is 70.2 Å². The Morgan fingerprint density at radius 1 is 0.400 bits per heavy atom. The first-order valence-corrected chi connectivity index (χ1v) is 34.8. The van der Waals surface area contributed by atoms with Gasteiger partial charge in [-0.05, 0) is 106 Å². The quantitative estimate of drug-likeness (QED) is 0.0170. The SMILES string of the molecule is C#CCC1=CC(=C)Oc2c1ccc(OC1OC(C(=O)O)C(O)C(O)C1O)c2C(F)F.C#CCC1=CC(=C)Oc2c1ccc(OC1OC(C(=O)O)C(O)C(O)C1O)c2CF.C=C1C=C(CN=[N+]=[N-])c2ccc(OC3OC(C(=O)O)C(O)C(O)C3O)c(C(F)F)c2O1.C=C1C=C(CN=[N+]=[N-])c2ccc(OC3OC(C(=O)O)C(O)C(O)C3O)c(CF)c2O1. The van der Waals surface area contributed by atoms with Gasteiger partial charge in [0.25, 0.3) is 12.9 Å². The minimum Gasteiger partial charge on any atom is -0.479 e. The van der Waals surface area contributed by atoms with Gasteiger partial charge in [-0.25, -0.2) is 45.5 Å². The molecule has 16 N–H and O–H groups in total. The maximum atomic E-state index is 13.9. The number of ether oxygens (including phenoxy) is 12. The third-order valence-corrected chi connectivity index (χ3v) is 18.5. The highest BCUT2D eigenvalue weighted by molar-refractivity contribution is 5.82. The summed E-state index contributed by atoms with van der Waals surface area (Å²) in [4.78, 5) is 50.2. The van der Waals surface area contributed by atoms with E-state index >= 15 is 0 Å². The number of aliphatic carboxylic acids is 4. The van der Waals surface area contributed by atoms with Gasteiger partial charge < -0.3 is 139 Å². The maximum Gasteiger partial charge on any atom is 0.335 e. The summed E-state index contributed by atoms with van der Waals surface area (Å²) >= 11 is 0.